The van der Waals surface area contributed by atoms with Crippen LogP contribution >= 0.6 is 0 Å². The highest BCUT2D eigenvalue weighted by atomic mass is 19.1. The minimum absolute atomic E-state index is 0.0145. The van der Waals surface area contributed by atoms with Crippen LogP contribution in [0.5, 0.6) is 17.2 Å². The van der Waals surface area contributed by atoms with Gasteiger partial charge in [-0.3, -0.25) is 0 Å². The van der Waals surface area contributed by atoms with Gasteiger partial charge in [-0.1, -0.05) is 31.5 Å². The number of nitrogens with two attached hydrogens (primary N) is 1. The number of allylic oxidation sites excluding steroid dienone is 1. The number of carbonyl (C=O) groups excluding carboxylic acids is 1. The lowest BCUT2D eigenvalue weighted by molar-refractivity contribution is 0.0734. The predicted octanol–water partition coefficient (Wildman–Crippen LogP) is 5.44. The van der Waals surface area contributed by atoms with E-state index in [4.69, 9.17) is 19.9 Å². The molecular weight excluding hydrogens is 435 g/mol. The Morgan fingerprint density at radius 3 is 2.65 bits per heavy atom. The van der Waals surface area contributed by atoms with Gasteiger partial charge in [0.05, 0.1) is 18.1 Å². The van der Waals surface area contributed by atoms with Crippen LogP contribution < -0.4 is 19.9 Å². The summed E-state index contributed by atoms with van der Waals surface area (Å²) < 4.78 is 30.1. The number of rotatable bonds is 7. The number of esters is 1. The summed E-state index contributed by atoms with van der Waals surface area (Å²) in [5.74, 6) is -0.241. The van der Waals surface area contributed by atoms with Crippen LogP contribution in [0.2, 0.25) is 0 Å². The Morgan fingerprint density at radius 1 is 1.12 bits per heavy atom. The van der Waals surface area contributed by atoms with Crippen molar-refractivity contribution in [2.45, 2.75) is 25.7 Å². The van der Waals surface area contributed by atoms with E-state index in [1.807, 2.05) is 24.3 Å². The van der Waals surface area contributed by atoms with Crippen LogP contribution in [0.3, 0.4) is 0 Å². The van der Waals surface area contributed by atoms with Crippen molar-refractivity contribution >= 4 is 5.97 Å². The number of fused-ring (bicyclic) bond motifs is 1. The number of unbranched alkanes of at least 4 members (excludes halogenated alkanes) is 1. The first-order valence-corrected chi connectivity index (χ1v) is 10.9. The van der Waals surface area contributed by atoms with Crippen LogP contribution in [0.25, 0.3) is 0 Å². The highest BCUT2D eigenvalue weighted by molar-refractivity contribution is 5.91. The second-order valence-electron chi connectivity index (χ2n) is 7.80. The minimum Gasteiger partial charge on any atom is -0.494 e. The third kappa shape index (κ3) is 4.86. The minimum atomic E-state index is -0.634. The Labute approximate surface area is 197 Å². The molecule has 172 valence electrons. The Morgan fingerprint density at radius 2 is 1.91 bits per heavy atom. The fraction of sp³-hybridized carbons (Fsp3) is 0.185. The van der Waals surface area contributed by atoms with Crippen molar-refractivity contribution in [2.75, 3.05) is 6.61 Å². The number of halogens is 1. The average Bonchev–Trinajstić information content (AvgIpc) is 2.84. The highest BCUT2D eigenvalue weighted by Crippen LogP contribution is 2.44. The van der Waals surface area contributed by atoms with Gasteiger partial charge in [-0.25, -0.2) is 9.18 Å². The van der Waals surface area contributed by atoms with E-state index in [2.05, 4.69) is 13.0 Å². The van der Waals surface area contributed by atoms with Crippen LogP contribution in [0, 0.1) is 17.1 Å². The summed E-state index contributed by atoms with van der Waals surface area (Å²) in [4.78, 5) is 12.4. The molecule has 3 aromatic carbocycles. The Bertz CT molecular complexity index is 1280. The first-order chi connectivity index (χ1) is 16.5. The highest BCUT2D eigenvalue weighted by Gasteiger charge is 2.31. The molecule has 0 aliphatic carbocycles. The van der Waals surface area contributed by atoms with Crippen molar-refractivity contribution in [3.05, 3.63) is 101 Å². The number of hydrogen-bond acceptors (Lipinski definition) is 6. The summed E-state index contributed by atoms with van der Waals surface area (Å²) in [7, 11) is 0. The molecule has 0 aromatic heterocycles. The van der Waals surface area contributed by atoms with Crippen molar-refractivity contribution in [2.24, 2.45) is 5.73 Å². The maximum absolute atomic E-state index is 13.1. The fourth-order valence-electron chi connectivity index (χ4n) is 3.71. The lowest BCUT2D eigenvalue weighted by atomic mass is 9.83. The van der Waals surface area contributed by atoms with Crippen LogP contribution in [-0.4, -0.2) is 12.6 Å². The van der Waals surface area contributed by atoms with Crippen LogP contribution in [0.1, 0.15) is 47.2 Å². The molecule has 0 saturated carbocycles. The Kier molecular flexibility index (Phi) is 6.79. The predicted molar refractivity (Wildman–Crippen MR) is 124 cm³/mol. The number of nitrogens with zero attached hydrogens (tertiary/aromatic N) is 1. The van der Waals surface area contributed by atoms with Crippen LogP contribution in [-0.2, 0) is 0 Å². The summed E-state index contributed by atoms with van der Waals surface area (Å²) in [6.45, 7) is 2.70. The topological polar surface area (TPSA) is 94.6 Å². The van der Waals surface area contributed by atoms with Gasteiger partial charge in [0.2, 0.25) is 5.88 Å². The molecule has 0 fully saturated rings. The van der Waals surface area contributed by atoms with Gasteiger partial charge in [-0.15, -0.1) is 0 Å². The van der Waals surface area contributed by atoms with Crippen molar-refractivity contribution in [3.63, 3.8) is 0 Å². The molecule has 1 aliphatic rings. The fourth-order valence-corrected chi connectivity index (χ4v) is 3.71. The Hall–Kier alpha value is -4.31. The molecule has 4 rings (SSSR count). The van der Waals surface area contributed by atoms with Gasteiger partial charge in [0.15, 0.2) is 0 Å². The van der Waals surface area contributed by atoms with Crippen molar-refractivity contribution in [3.8, 4) is 23.3 Å². The summed E-state index contributed by atoms with van der Waals surface area (Å²) in [6, 6.07) is 19.7. The second-order valence-corrected chi connectivity index (χ2v) is 7.80. The monoisotopic (exact) mass is 458 g/mol. The molecule has 7 heteroatoms. The zero-order valence-corrected chi connectivity index (χ0v) is 18.6. The van der Waals surface area contributed by atoms with Crippen LogP contribution in [0.4, 0.5) is 4.39 Å². The summed E-state index contributed by atoms with van der Waals surface area (Å²) in [5, 5.41) is 9.79. The van der Waals surface area contributed by atoms with Crippen molar-refractivity contribution < 1.29 is 23.4 Å². The van der Waals surface area contributed by atoms with Gasteiger partial charge >= 0.3 is 5.97 Å². The molecule has 1 aliphatic heterocycles. The molecule has 0 spiro atoms. The van der Waals surface area contributed by atoms with E-state index in [0.717, 1.165) is 18.4 Å². The van der Waals surface area contributed by atoms with Crippen molar-refractivity contribution in [1.29, 1.82) is 5.26 Å². The normalized spacial score (nSPS) is 14.6. The van der Waals surface area contributed by atoms with E-state index >= 15 is 0 Å². The molecular formula is C27H23FN2O4. The zero-order chi connectivity index (χ0) is 24.1. The first kappa shape index (κ1) is 22.9. The van der Waals surface area contributed by atoms with Crippen molar-refractivity contribution in [1.82, 2.24) is 0 Å². The van der Waals surface area contributed by atoms with Gasteiger partial charge in [0.1, 0.15) is 34.7 Å². The van der Waals surface area contributed by atoms with Gasteiger partial charge in [0.25, 0.3) is 0 Å². The number of carbonyl (C=O) groups is 1. The van der Waals surface area contributed by atoms with E-state index in [-0.39, 0.29) is 22.8 Å². The zero-order valence-electron chi connectivity index (χ0n) is 18.6. The van der Waals surface area contributed by atoms with Gasteiger partial charge in [-0.2, -0.15) is 5.26 Å². The maximum atomic E-state index is 13.1. The molecule has 0 radical (unpaired) electrons. The van der Waals surface area contributed by atoms with Gasteiger partial charge in [-0.05, 0) is 54.4 Å². The Balaban J connectivity index is 1.64. The van der Waals surface area contributed by atoms with E-state index in [9.17, 15) is 14.4 Å². The van der Waals surface area contributed by atoms with Crippen LogP contribution in [0.15, 0.2) is 78.2 Å². The average molecular weight is 458 g/mol. The van der Waals surface area contributed by atoms with E-state index in [1.165, 1.54) is 24.3 Å². The molecule has 3 aromatic rings. The molecule has 0 saturated heterocycles. The molecule has 2 N–H and O–H groups in total. The quantitative estimate of drug-likeness (QED) is 0.288. The van der Waals surface area contributed by atoms with E-state index in [1.54, 1.807) is 18.2 Å². The van der Waals surface area contributed by atoms with Gasteiger partial charge < -0.3 is 19.9 Å². The smallest absolute Gasteiger partial charge is 0.343 e. The molecule has 34 heavy (non-hydrogen) atoms. The number of hydrogen-bond donors (Lipinski definition) is 1. The number of ether oxygens (including phenoxy) is 3. The standard InChI is InChI=1S/C27H23FN2O4/c1-2-3-13-32-20-6-4-5-18(14-20)25-22-12-11-21(15-24(22)34-26(30)23(25)16-29)33-27(31)17-7-9-19(28)10-8-17/h4-12,14-15,25H,2-3,13,30H2,1H3. The molecule has 1 heterocycles. The lowest BCUT2D eigenvalue weighted by Crippen LogP contribution is -2.21. The maximum Gasteiger partial charge on any atom is 0.343 e. The van der Waals surface area contributed by atoms with E-state index < -0.39 is 17.7 Å². The SMILES string of the molecule is CCCCOc1cccc(C2C(C#N)=C(N)Oc3cc(OC(=O)c4ccc(F)cc4)ccc32)c1. The largest absolute Gasteiger partial charge is 0.494 e. The molecule has 6 nitrogen and oxygen atoms in total. The lowest BCUT2D eigenvalue weighted by Gasteiger charge is -2.27. The second kappa shape index (κ2) is 10.1. The number of nitriles is 1. The molecule has 0 amide bonds. The molecule has 1 unspecified atom stereocenters. The third-order valence-electron chi connectivity index (χ3n) is 5.44. The summed E-state index contributed by atoms with van der Waals surface area (Å²) >= 11 is 0. The number of benzene rings is 3. The molecule has 1 atom stereocenters. The first-order valence-electron chi connectivity index (χ1n) is 10.9. The summed E-state index contributed by atoms with van der Waals surface area (Å²) in [5.41, 5.74) is 8.12. The van der Waals surface area contributed by atoms with Gasteiger partial charge in [0, 0.05) is 11.6 Å². The third-order valence-corrected chi connectivity index (χ3v) is 5.44. The summed E-state index contributed by atoms with van der Waals surface area (Å²) in [6.07, 6.45) is 1.97. The van der Waals surface area contributed by atoms with E-state index in [0.29, 0.717) is 23.7 Å². The molecule has 0 bridgehead atoms.